The van der Waals surface area contributed by atoms with E-state index in [2.05, 4.69) is 5.32 Å². The second kappa shape index (κ2) is 10.7. The van der Waals surface area contributed by atoms with Crippen molar-refractivity contribution in [1.29, 1.82) is 0 Å². The molecular weight excluding hydrogens is 460 g/mol. The van der Waals surface area contributed by atoms with Crippen LogP contribution >= 0.6 is 11.6 Å². The minimum Gasteiger partial charge on any atom is -0.451 e. The van der Waals surface area contributed by atoms with Gasteiger partial charge in [-0.25, -0.2) is 8.42 Å². The smallest absolute Gasteiger partial charge is 0.291 e. The van der Waals surface area contributed by atoms with E-state index < -0.39 is 15.9 Å². The van der Waals surface area contributed by atoms with Crippen LogP contribution in [0.15, 0.2) is 45.7 Å². The molecule has 8 heteroatoms. The minimum absolute atomic E-state index is 0.146. The molecule has 2 aromatic carbocycles. The Hall–Kier alpha value is -2.35. The maximum absolute atomic E-state index is 13.4. The zero-order valence-electron chi connectivity index (χ0n) is 19.6. The molecule has 0 aliphatic rings. The van der Waals surface area contributed by atoms with Gasteiger partial charge < -0.3 is 9.73 Å². The average molecular weight is 491 g/mol. The molecular formula is C25H31ClN2O4S. The number of amides is 1. The van der Waals surface area contributed by atoms with Gasteiger partial charge in [-0.1, -0.05) is 44.4 Å². The molecule has 1 N–H and O–H groups in total. The molecule has 3 rings (SSSR count). The number of benzene rings is 2. The van der Waals surface area contributed by atoms with E-state index in [1.54, 1.807) is 47.6 Å². The van der Waals surface area contributed by atoms with E-state index in [9.17, 15) is 13.2 Å². The molecule has 33 heavy (non-hydrogen) atoms. The highest BCUT2D eigenvalue weighted by Gasteiger charge is 2.26. The van der Waals surface area contributed by atoms with Crippen molar-refractivity contribution in [1.82, 2.24) is 4.31 Å². The van der Waals surface area contributed by atoms with Crippen LogP contribution < -0.4 is 5.32 Å². The van der Waals surface area contributed by atoms with Crippen LogP contribution in [-0.4, -0.2) is 31.7 Å². The van der Waals surface area contributed by atoms with Gasteiger partial charge in [0.2, 0.25) is 10.0 Å². The standard InChI is InChI=1S/C25H31ClN2O4S/c1-5-7-14-28(15-8-6-2)33(30,31)19-12-13-23-20(16-19)17(3)24(32-23)25(29)27-22-11-9-10-21(26)18(22)4/h9-13,16H,5-8,14-15H2,1-4H3,(H,27,29). The summed E-state index contributed by atoms with van der Waals surface area (Å²) < 4.78 is 34.1. The SMILES string of the molecule is CCCCN(CCCC)S(=O)(=O)c1ccc2oc(C(=O)Nc3cccc(Cl)c3C)c(C)c2c1. The fourth-order valence-electron chi connectivity index (χ4n) is 3.67. The Morgan fingerprint density at radius 1 is 1.03 bits per heavy atom. The molecule has 0 fully saturated rings. The van der Waals surface area contributed by atoms with Crippen molar-refractivity contribution in [3.63, 3.8) is 0 Å². The predicted octanol–water partition coefficient (Wildman–Crippen LogP) is 6.55. The van der Waals surface area contributed by atoms with E-state index in [4.69, 9.17) is 16.0 Å². The van der Waals surface area contributed by atoms with Crippen LogP contribution in [0.4, 0.5) is 5.69 Å². The van der Waals surface area contributed by atoms with Gasteiger partial charge in [-0.05, 0) is 62.6 Å². The summed E-state index contributed by atoms with van der Waals surface area (Å²) in [5, 5.41) is 4.00. The van der Waals surface area contributed by atoms with E-state index >= 15 is 0 Å². The Bertz CT molecular complexity index is 1240. The average Bonchev–Trinajstić information content (AvgIpc) is 3.13. The van der Waals surface area contributed by atoms with E-state index in [0.29, 0.717) is 40.3 Å². The molecule has 3 aromatic rings. The fourth-order valence-corrected chi connectivity index (χ4v) is 5.39. The summed E-state index contributed by atoms with van der Waals surface area (Å²) in [6, 6.07) is 10.1. The second-order valence-electron chi connectivity index (χ2n) is 8.19. The first-order valence-corrected chi connectivity index (χ1v) is 13.1. The first-order chi connectivity index (χ1) is 15.7. The summed E-state index contributed by atoms with van der Waals surface area (Å²) in [4.78, 5) is 13.1. The van der Waals surface area contributed by atoms with Gasteiger partial charge >= 0.3 is 0 Å². The number of rotatable bonds is 10. The van der Waals surface area contributed by atoms with Crippen LogP contribution in [0.5, 0.6) is 0 Å². The molecule has 0 atom stereocenters. The highest BCUT2D eigenvalue weighted by atomic mass is 35.5. The number of hydrogen-bond donors (Lipinski definition) is 1. The molecule has 178 valence electrons. The van der Waals surface area contributed by atoms with Gasteiger partial charge in [0.1, 0.15) is 5.58 Å². The highest BCUT2D eigenvalue weighted by Crippen LogP contribution is 2.30. The Labute approximate surface area is 201 Å². The lowest BCUT2D eigenvalue weighted by atomic mass is 10.1. The van der Waals surface area contributed by atoms with Crippen LogP contribution in [0.25, 0.3) is 11.0 Å². The molecule has 1 heterocycles. The van der Waals surface area contributed by atoms with E-state index in [1.807, 2.05) is 20.8 Å². The van der Waals surface area contributed by atoms with Crippen molar-refractivity contribution in [2.75, 3.05) is 18.4 Å². The lowest BCUT2D eigenvalue weighted by molar-refractivity contribution is 0.0998. The lowest BCUT2D eigenvalue weighted by Gasteiger charge is -2.22. The normalized spacial score (nSPS) is 11.9. The summed E-state index contributed by atoms with van der Waals surface area (Å²) >= 11 is 6.15. The Morgan fingerprint density at radius 3 is 2.33 bits per heavy atom. The number of sulfonamides is 1. The van der Waals surface area contributed by atoms with E-state index in [0.717, 1.165) is 31.2 Å². The molecule has 6 nitrogen and oxygen atoms in total. The van der Waals surface area contributed by atoms with Crippen LogP contribution in [0.1, 0.15) is 61.2 Å². The molecule has 1 aromatic heterocycles. The number of fused-ring (bicyclic) bond motifs is 1. The summed E-state index contributed by atoms with van der Waals surface area (Å²) in [5.74, 6) is -0.265. The first-order valence-electron chi connectivity index (χ1n) is 11.3. The number of halogens is 1. The second-order valence-corrected chi connectivity index (χ2v) is 10.5. The van der Waals surface area contributed by atoms with Crippen molar-refractivity contribution in [3.05, 3.63) is 58.3 Å². The monoisotopic (exact) mass is 490 g/mol. The molecule has 0 unspecified atom stereocenters. The number of aryl methyl sites for hydroxylation is 1. The van der Waals surface area contributed by atoms with Crippen LogP contribution in [0, 0.1) is 13.8 Å². The van der Waals surface area contributed by atoms with Gasteiger partial charge in [-0.3, -0.25) is 4.79 Å². The van der Waals surface area contributed by atoms with Gasteiger partial charge in [0, 0.05) is 34.7 Å². The number of hydrogen-bond acceptors (Lipinski definition) is 4. The van der Waals surface area contributed by atoms with Gasteiger partial charge in [-0.2, -0.15) is 4.31 Å². The van der Waals surface area contributed by atoms with Crippen molar-refractivity contribution in [3.8, 4) is 0 Å². The topological polar surface area (TPSA) is 79.6 Å². The van der Waals surface area contributed by atoms with Gasteiger partial charge in [0.05, 0.1) is 4.90 Å². The summed E-state index contributed by atoms with van der Waals surface area (Å²) in [5.41, 5.74) is 2.41. The molecule has 0 aliphatic heterocycles. The number of furan rings is 1. The van der Waals surface area contributed by atoms with Crippen molar-refractivity contribution < 1.29 is 17.6 Å². The molecule has 0 bridgehead atoms. The van der Waals surface area contributed by atoms with Gasteiger partial charge in [0.15, 0.2) is 5.76 Å². The number of carbonyl (C=O) groups excluding carboxylic acids is 1. The van der Waals surface area contributed by atoms with Crippen LogP contribution in [0.2, 0.25) is 5.02 Å². The Morgan fingerprint density at radius 2 is 1.70 bits per heavy atom. The Balaban J connectivity index is 1.94. The van der Waals surface area contributed by atoms with Crippen LogP contribution in [0.3, 0.4) is 0 Å². The van der Waals surface area contributed by atoms with Gasteiger partial charge in [-0.15, -0.1) is 0 Å². The van der Waals surface area contributed by atoms with Crippen molar-refractivity contribution >= 4 is 44.2 Å². The molecule has 1 amide bonds. The molecule has 0 spiro atoms. The summed E-state index contributed by atoms with van der Waals surface area (Å²) in [6.07, 6.45) is 3.46. The summed E-state index contributed by atoms with van der Waals surface area (Å²) in [6.45, 7) is 8.66. The number of anilines is 1. The van der Waals surface area contributed by atoms with Crippen molar-refractivity contribution in [2.45, 2.75) is 58.3 Å². The van der Waals surface area contributed by atoms with Crippen LogP contribution in [-0.2, 0) is 10.0 Å². The third kappa shape index (κ3) is 5.42. The van der Waals surface area contributed by atoms with E-state index in [-0.39, 0.29) is 10.7 Å². The summed E-state index contributed by atoms with van der Waals surface area (Å²) in [7, 11) is -3.65. The van der Waals surface area contributed by atoms with E-state index in [1.165, 1.54) is 0 Å². The zero-order chi connectivity index (χ0) is 24.2. The quantitative estimate of drug-likeness (QED) is 0.349. The number of nitrogens with zero attached hydrogens (tertiary/aromatic N) is 1. The van der Waals surface area contributed by atoms with Gasteiger partial charge in [0.25, 0.3) is 5.91 Å². The third-order valence-corrected chi connectivity index (χ3v) is 8.09. The molecule has 0 saturated carbocycles. The maximum Gasteiger partial charge on any atom is 0.291 e. The lowest BCUT2D eigenvalue weighted by Crippen LogP contribution is -2.33. The first kappa shape index (κ1) is 25.3. The molecule has 0 saturated heterocycles. The minimum atomic E-state index is -3.65. The third-order valence-electron chi connectivity index (χ3n) is 5.79. The number of carbonyl (C=O) groups is 1. The molecule has 0 radical (unpaired) electrons. The zero-order valence-corrected chi connectivity index (χ0v) is 21.1. The molecule has 0 aliphatic carbocycles. The number of unbranched alkanes of at least 4 members (excludes halogenated alkanes) is 2. The van der Waals surface area contributed by atoms with Crippen molar-refractivity contribution in [2.24, 2.45) is 0 Å². The Kier molecular flexibility index (Phi) is 8.21. The fraction of sp³-hybridized carbons (Fsp3) is 0.400. The predicted molar refractivity (Wildman–Crippen MR) is 134 cm³/mol. The highest BCUT2D eigenvalue weighted by molar-refractivity contribution is 7.89. The largest absolute Gasteiger partial charge is 0.451 e. The number of nitrogens with one attached hydrogen (secondary N) is 1. The maximum atomic E-state index is 13.4.